The predicted molar refractivity (Wildman–Crippen MR) is 89.0 cm³/mol. The molecule has 1 fully saturated rings. The number of hydrogen-bond donors (Lipinski definition) is 0. The van der Waals surface area contributed by atoms with E-state index in [2.05, 4.69) is 11.1 Å². The Balaban J connectivity index is 1.78. The van der Waals surface area contributed by atoms with Gasteiger partial charge < -0.3 is 9.47 Å². The van der Waals surface area contributed by atoms with Crippen molar-refractivity contribution in [2.75, 3.05) is 7.11 Å². The zero-order valence-electron chi connectivity index (χ0n) is 12.9. The second-order valence-corrected chi connectivity index (χ2v) is 5.55. The summed E-state index contributed by atoms with van der Waals surface area (Å²) in [6.07, 6.45) is 12.9. The molecule has 0 N–H and O–H groups in total. The first-order valence-electron chi connectivity index (χ1n) is 7.78. The summed E-state index contributed by atoms with van der Waals surface area (Å²) < 4.78 is 11.5. The van der Waals surface area contributed by atoms with E-state index < -0.39 is 0 Å². The van der Waals surface area contributed by atoms with E-state index in [0.717, 1.165) is 35.5 Å². The average molecular weight is 295 g/mol. The lowest BCUT2D eigenvalue weighted by molar-refractivity contribution is 0.201. The Morgan fingerprint density at radius 3 is 2.59 bits per heavy atom. The SMILES string of the molecule is COc1ccc(/C=C/c2cccnc2)cc1OC1CCCC1. The van der Waals surface area contributed by atoms with Gasteiger partial charge in [-0.1, -0.05) is 24.3 Å². The molecular weight excluding hydrogens is 274 g/mol. The molecule has 1 aliphatic carbocycles. The smallest absolute Gasteiger partial charge is 0.162 e. The van der Waals surface area contributed by atoms with E-state index >= 15 is 0 Å². The molecule has 114 valence electrons. The highest BCUT2D eigenvalue weighted by molar-refractivity contribution is 5.70. The molecule has 0 bridgehead atoms. The molecule has 3 heteroatoms. The second-order valence-electron chi connectivity index (χ2n) is 5.55. The molecule has 1 aromatic heterocycles. The highest BCUT2D eigenvalue weighted by atomic mass is 16.5. The fourth-order valence-electron chi connectivity index (χ4n) is 2.74. The zero-order valence-corrected chi connectivity index (χ0v) is 12.9. The first-order chi connectivity index (χ1) is 10.8. The molecule has 3 rings (SSSR count). The molecule has 1 saturated carbocycles. The average Bonchev–Trinajstić information content (AvgIpc) is 3.07. The summed E-state index contributed by atoms with van der Waals surface area (Å²) in [4.78, 5) is 4.11. The van der Waals surface area contributed by atoms with Gasteiger partial charge in [-0.25, -0.2) is 0 Å². The van der Waals surface area contributed by atoms with Crippen LogP contribution >= 0.6 is 0 Å². The molecule has 3 nitrogen and oxygen atoms in total. The van der Waals surface area contributed by atoms with Crippen LogP contribution in [0, 0.1) is 0 Å². The molecule has 22 heavy (non-hydrogen) atoms. The third-order valence-corrected chi connectivity index (χ3v) is 3.94. The van der Waals surface area contributed by atoms with Crippen LogP contribution in [0.15, 0.2) is 42.7 Å². The van der Waals surface area contributed by atoms with Crippen molar-refractivity contribution in [3.05, 3.63) is 53.9 Å². The molecule has 1 aromatic carbocycles. The van der Waals surface area contributed by atoms with Crippen molar-refractivity contribution in [3.63, 3.8) is 0 Å². The number of benzene rings is 1. The Hall–Kier alpha value is -2.29. The van der Waals surface area contributed by atoms with Gasteiger partial charge in [0.2, 0.25) is 0 Å². The molecule has 1 heterocycles. The van der Waals surface area contributed by atoms with Crippen molar-refractivity contribution in [1.82, 2.24) is 4.98 Å². The Kier molecular flexibility index (Phi) is 4.74. The molecule has 0 radical (unpaired) electrons. The van der Waals surface area contributed by atoms with E-state index in [9.17, 15) is 0 Å². The van der Waals surface area contributed by atoms with Crippen LogP contribution in [0.25, 0.3) is 12.2 Å². The van der Waals surface area contributed by atoms with Gasteiger partial charge in [-0.3, -0.25) is 4.98 Å². The van der Waals surface area contributed by atoms with E-state index in [4.69, 9.17) is 9.47 Å². The Morgan fingerprint density at radius 1 is 1.05 bits per heavy atom. The van der Waals surface area contributed by atoms with Gasteiger partial charge in [0.15, 0.2) is 11.5 Å². The van der Waals surface area contributed by atoms with Gasteiger partial charge in [-0.2, -0.15) is 0 Å². The molecule has 0 aliphatic heterocycles. The minimum Gasteiger partial charge on any atom is -0.493 e. The van der Waals surface area contributed by atoms with Crippen LogP contribution in [0.1, 0.15) is 36.8 Å². The molecule has 1 aliphatic rings. The first kappa shape index (κ1) is 14.6. The lowest BCUT2D eigenvalue weighted by Crippen LogP contribution is -2.11. The lowest BCUT2D eigenvalue weighted by atomic mass is 10.1. The second kappa shape index (κ2) is 7.12. The molecule has 0 atom stereocenters. The number of pyridine rings is 1. The van der Waals surface area contributed by atoms with Gasteiger partial charge in [0.1, 0.15) is 0 Å². The topological polar surface area (TPSA) is 31.4 Å². The van der Waals surface area contributed by atoms with Crippen LogP contribution in [-0.2, 0) is 0 Å². The fraction of sp³-hybridized carbons (Fsp3) is 0.316. The molecule has 2 aromatic rings. The van der Waals surface area contributed by atoms with E-state index in [-0.39, 0.29) is 0 Å². The zero-order chi connectivity index (χ0) is 15.2. The highest BCUT2D eigenvalue weighted by Crippen LogP contribution is 2.32. The molecule has 0 amide bonds. The van der Waals surface area contributed by atoms with Crippen LogP contribution in [0.5, 0.6) is 11.5 Å². The number of rotatable bonds is 5. The van der Waals surface area contributed by atoms with Crippen molar-refractivity contribution in [2.24, 2.45) is 0 Å². The number of nitrogens with zero attached hydrogens (tertiary/aromatic N) is 1. The van der Waals surface area contributed by atoms with Gasteiger partial charge in [0.05, 0.1) is 13.2 Å². The summed E-state index contributed by atoms with van der Waals surface area (Å²) in [6, 6.07) is 10.0. The van der Waals surface area contributed by atoms with E-state index in [1.54, 1.807) is 13.3 Å². The third-order valence-electron chi connectivity index (χ3n) is 3.94. The Morgan fingerprint density at radius 2 is 1.86 bits per heavy atom. The number of aromatic nitrogens is 1. The van der Waals surface area contributed by atoms with Crippen LogP contribution in [-0.4, -0.2) is 18.2 Å². The van der Waals surface area contributed by atoms with Crippen LogP contribution < -0.4 is 9.47 Å². The van der Waals surface area contributed by atoms with Crippen LogP contribution in [0.3, 0.4) is 0 Å². The predicted octanol–water partition coefficient (Wildman–Crippen LogP) is 4.58. The van der Waals surface area contributed by atoms with Gasteiger partial charge in [0.25, 0.3) is 0 Å². The van der Waals surface area contributed by atoms with E-state index in [0.29, 0.717) is 6.10 Å². The van der Waals surface area contributed by atoms with Crippen LogP contribution in [0.2, 0.25) is 0 Å². The number of hydrogen-bond acceptors (Lipinski definition) is 3. The Bertz CT molecular complexity index is 631. The summed E-state index contributed by atoms with van der Waals surface area (Å²) in [7, 11) is 1.68. The van der Waals surface area contributed by atoms with Crippen LogP contribution in [0.4, 0.5) is 0 Å². The largest absolute Gasteiger partial charge is 0.493 e. The lowest BCUT2D eigenvalue weighted by Gasteiger charge is -2.16. The molecular formula is C19H21NO2. The van der Waals surface area contributed by atoms with Gasteiger partial charge in [-0.05, 0) is 55.0 Å². The summed E-state index contributed by atoms with van der Waals surface area (Å²) in [5.41, 5.74) is 2.18. The Labute approximate surface area is 131 Å². The van der Waals surface area contributed by atoms with Gasteiger partial charge >= 0.3 is 0 Å². The summed E-state index contributed by atoms with van der Waals surface area (Å²) >= 11 is 0. The maximum absolute atomic E-state index is 6.12. The molecule has 0 unspecified atom stereocenters. The maximum atomic E-state index is 6.12. The monoisotopic (exact) mass is 295 g/mol. The normalized spacial score (nSPS) is 15.3. The van der Waals surface area contributed by atoms with Crippen molar-refractivity contribution >= 4 is 12.2 Å². The van der Waals surface area contributed by atoms with Crippen molar-refractivity contribution in [1.29, 1.82) is 0 Å². The quantitative estimate of drug-likeness (QED) is 0.809. The van der Waals surface area contributed by atoms with E-state index in [1.165, 1.54) is 12.8 Å². The fourth-order valence-corrected chi connectivity index (χ4v) is 2.74. The highest BCUT2D eigenvalue weighted by Gasteiger charge is 2.18. The van der Waals surface area contributed by atoms with Crippen molar-refractivity contribution < 1.29 is 9.47 Å². The van der Waals surface area contributed by atoms with Crippen molar-refractivity contribution in [2.45, 2.75) is 31.8 Å². The number of ether oxygens (including phenoxy) is 2. The molecule has 0 spiro atoms. The van der Waals surface area contributed by atoms with Gasteiger partial charge in [-0.15, -0.1) is 0 Å². The minimum atomic E-state index is 0.325. The molecule has 0 saturated heterocycles. The maximum Gasteiger partial charge on any atom is 0.162 e. The van der Waals surface area contributed by atoms with Crippen molar-refractivity contribution in [3.8, 4) is 11.5 Å². The van der Waals surface area contributed by atoms with Gasteiger partial charge in [0, 0.05) is 12.4 Å². The number of methoxy groups -OCH3 is 1. The summed E-state index contributed by atoms with van der Waals surface area (Å²) in [6.45, 7) is 0. The summed E-state index contributed by atoms with van der Waals surface area (Å²) in [5.74, 6) is 1.63. The first-order valence-corrected chi connectivity index (χ1v) is 7.78. The minimum absolute atomic E-state index is 0.325. The third kappa shape index (κ3) is 3.67. The van der Waals surface area contributed by atoms with E-state index in [1.807, 2.05) is 42.6 Å². The summed E-state index contributed by atoms with van der Waals surface area (Å²) in [5, 5.41) is 0. The standard InChI is InChI=1S/C19H21NO2/c1-21-18-11-10-15(8-9-16-5-4-12-20-14-16)13-19(18)22-17-6-2-3-7-17/h4-5,8-14,17H,2-3,6-7H2,1H3/b9-8+.